The maximum absolute atomic E-state index is 11.4. The molecule has 12 heteroatoms. The molecule has 12 nitrogen and oxygen atoms in total. The summed E-state index contributed by atoms with van der Waals surface area (Å²) in [6.07, 6.45) is -11.9. The molecule has 27 heavy (non-hydrogen) atoms. The molecule has 2 aliphatic heterocycles. The second-order valence-electron chi connectivity index (χ2n) is 6.53. The van der Waals surface area contributed by atoms with E-state index >= 15 is 0 Å². The van der Waals surface area contributed by atoms with Crippen molar-refractivity contribution in [2.45, 2.75) is 68.3 Å². The summed E-state index contributed by atoms with van der Waals surface area (Å²) in [5.41, 5.74) is 5.67. The first-order valence-electron chi connectivity index (χ1n) is 8.54. The number of hydrogen-bond acceptors (Lipinski definition) is 11. The fraction of sp³-hybridized carbons (Fsp3) is 0.933. The van der Waals surface area contributed by atoms with Crippen LogP contribution in [0.25, 0.3) is 0 Å². The molecule has 0 spiro atoms. The van der Waals surface area contributed by atoms with E-state index in [-0.39, 0.29) is 6.54 Å². The summed E-state index contributed by atoms with van der Waals surface area (Å²) in [7, 11) is 1.33. The van der Waals surface area contributed by atoms with Gasteiger partial charge in [0.1, 0.15) is 48.8 Å². The first kappa shape index (κ1) is 22.4. The second kappa shape index (κ2) is 9.52. The Kier molecular flexibility index (Phi) is 7.88. The Hall–Kier alpha value is -0.930. The Bertz CT molecular complexity index is 495. The molecule has 0 aromatic rings. The Labute approximate surface area is 155 Å². The van der Waals surface area contributed by atoms with Crippen molar-refractivity contribution in [3.8, 4) is 0 Å². The summed E-state index contributed by atoms with van der Waals surface area (Å²) in [5, 5.41) is 52.3. The highest BCUT2D eigenvalue weighted by molar-refractivity contribution is 5.73. The van der Waals surface area contributed by atoms with Crippen molar-refractivity contribution in [1.82, 2.24) is 5.32 Å². The Morgan fingerprint density at radius 3 is 2.19 bits per heavy atom. The molecule has 0 aliphatic carbocycles. The molecule has 2 saturated heterocycles. The fourth-order valence-corrected chi connectivity index (χ4v) is 3.20. The molecule has 2 fully saturated rings. The summed E-state index contributed by atoms with van der Waals surface area (Å²) >= 11 is 0. The van der Waals surface area contributed by atoms with E-state index in [0.717, 1.165) is 0 Å². The van der Waals surface area contributed by atoms with Gasteiger partial charge in [-0.25, -0.2) is 0 Å². The molecule has 0 radical (unpaired) electrons. The summed E-state index contributed by atoms with van der Waals surface area (Å²) in [4.78, 5) is 11.4. The van der Waals surface area contributed by atoms with Crippen molar-refractivity contribution in [3.05, 3.63) is 0 Å². The van der Waals surface area contributed by atoms with Crippen molar-refractivity contribution in [2.75, 3.05) is 20.3 Å². The van der Waals surface area contributed by atoms with Crippen LogP contribution in [-0.2, 0) is 23.7 Å². The average molecular weight is 396 g/mol. The zero-order chi connectivity index (χ0) is 20.3. The van der Waals surface area contributed by atoms with Crippen molar-refractivity contribution < 1.29 is 49.3 Å². The number of hydrogen-bond donors (Lipinski definition) is 7. The largest absolute Gasteiger partial charge is 0.394 e. The molecular weight excluding hydrogens is 368 g/mol. The maximum Gasteiger partial charge on any atom is 0.217 e. The highest BCUT2D eigenvalue weighted by Crippen LogP contribution is 2.29. The molecule has 2 heterocycles. The van der Waals surface area contributed by atoms with Crippen LogP contribution >= 0.6 is 0 Å². The third-order valence-electron chi connectivity index (χ3n) is 4.65. The minimum absolute atomic E-state index is 0.0915. The summed E-state index contributed by atoms with van der Waals surface area (Å²) in [6.45, 7) is 0.531. The van der Waals surface area contributed by atoms with Crippen LogP contribution in [0.3, 0.4) is 0 Å². The summed E-state index contributed by atoms with van der Waals surface area (Å²) in [5.74, 6) is -0.442. The lowest BCUT2D eigenvalue weighted by Crippen LogP contribution is -2.67. The van der Waals surface area contributed by atoms with Crippen LogP contribution in [0, 0.1) is 0 Å². The van der Waals surface area contributed by atoms with Crippen molar-refractivity contribution in [2.24, 2.45) is 5.73 Å². The fourth-order valence-electron chi connectivity index (χ4n) is 3.20. The molecule has 8 N–H and O–H groups in total. The van der Waals surface area contributed by atoms with Gasteiger partial charge in [0, 0.05) is 20.6 Å². The average Bonchev–Trinajstić information content (AvgIpc) is 2.64. The number of carbonyl (C=O) groups excluding carboxylic acids is 1. The van der Waals surface area contributed by atoms with Crippen LogP contribution in [0.4, 0.5) is 0 Å². The lowest BCUT2D eigenvalue weighted by atomic mass is 9.95. The van der Waals surface area contributed by atoms with Crippen LogP contribution in [-0.4, -0.2) is 113 Å². The third-order valence-corrected chi connectivity index (χ3v) is 4.65. The van der Waals surface area contributed by atoms with Crippen LogP contribution < -0.4 is 11.1 Å². The predicted molar refractivity (Wildman–Crippen MR) is 87.0 cm³/mol. The molecule has 10 atom stereocenters. The van der Waals surface area contributed by atoms with E-state index in [1.54, 1.807) is 0 Å². The minimum atomic E-state index is -1.66. The van der Waals surface area contributed by atoms with Gasteiger partial charge in [-0.2, -0.15) is 0 Å². The normalized spacial score (nSPS) is 45.5. The van der Waals surface area contributed by atoms with Gasteiger partial charge in [0.05, 0.1) is 6.61 Å². The number of aliphatic hydroxyl groups is 5. The molecule has 158 valence electrons. The van der Waals surface area contributed by atoms with Crippen molar-refractivity contribution in [3.63, 3.8) is 0 Å². The molecule has 0 unspecified atom stereocenters. The lowest BCUT2D eigenvalue weighted by molar-refractivity contribution is -0.344. The van der Waals surface area contributed by atoms with Gasteiger partial charge in [-0.3, -0.25) is 4.79 Å². The number of carbonyl (C=O) groups is 1. The lowest BCUT2D eigenvalue weighted by Gasteiger charge is -2.47. The molecule has 2 rings (SSSR count). The van der Waals surface area contributed by atoms with Crippen LogP contribution in [0.15, 0.2) is 0 Å². The molecule has 0 saturated carbocycles. The molecule has 0 aromatic heterocycles. The number of nitrogens with two attached hydrogens (primary N) is 1. The van der Waals surface area contributed by atoms with E-state index < -0.39 is 73.9 Å². The maximum atomic E-state index is 11.4. The van der Waals surface area contributed by atoms with Gasteiger partial charge >= 0.3 is 0 Å². The van der Waals surface area contributed by atoms with Crippen LogP contribution in [0.2, 0.25) is 0 Å². The van der Waals surface area contributed by atoms with Gasteiger partial charge in [-0.15, -0.1) is 0 Å². The number of nitrogens with one attached hydrogen (secondary N) is 1. The highest BCUT2D eigenvalue weighted by Gasteiger charge is 2.50. The van der Waals surface area contributed by atoms with E-state index in [2.05, 4.69) is 5.32 Å². The van der Waals surface area contributed by atoms with Crippen LogP contribution in [0.1, 0.15) is 6.92 Å². The van der Waals surface area contributed by atoms with E-state index in [1.807, 2.05) is 0 Å². The monoisotopic (exact) mass is 396 g/mol. The molecule has 0 aromatic carbocycles. The quantitative estimate of drug-likeness (QED) is 0.228. The molecule has 0 bridgehead atoms. The topological polar surface area (TPSA) is 193 Å². The smallest absolute Gasteiger partial charge is 0.217 e. The second-order valence-corrected chi connectivity index (χ2v) is 6.53. The summed E-state index contributed by atoms with van der Waals surface area (Å²) < 4.78 is 21.6. The molecule has 2 aliphatic rings. The van der Waals surface area contributed by atoms with Gasteiger partial charge < -0.3 is 55.5 Å². The van der Waals surface area contributed by atoms with E-state index in [1.165, 1.54) is 14.0 Å². The summed E-state index contributed by atoms with van der Waals surface area (Å²) in [6, 6.07) is -0.995. The standard InChI is InChI=1S/C15H28N2O10/c1-5(19)17-8-10(21)13(6(3-16)25-14(8)24-2)27-15-12(23)11(22)9(20)7(4-18)26-15/h6-15,18,20-23H,3-4,16H2,1-2H3,(H,17,19)/t6-,7-,8-,9-,10+,11-,12-,13+,14+,15-/m0/s1. The van der Waals surface area contributed by atoms with Gasteiger partial charge in [0.15, 0.2) is 12.6 Å². The van der Waals surface area contributed by atoms with Gasteiger partial charge in [0.2, 0.25) is 5.91 Å². The Balaban J connectivity index is 2.19. The van der Waals surface area contributed by atoms with Crippen LogP contribution in [0.5, 0.6) is 0 Å². The number of aliphatic hydroxyl groups excluding tert-OH is 5. The van der Waals surface area contributed by atoms with Gasteiger partial charge in [-0.1, -0.05) is 0 Å². The Morgan fingerprint density at radius 1 is 1.04 bits per heavy atom. The zero-order valence-electron chi connectivity index (χ0n) is 15.0. The number of amides is 1. The van der Waals surface area contributed by atoms with Gasteiger partial charge in [-0.05, 0) is 0 Å². The first-order valence-corrected chi connectivity index (χ1v) is 8.54. The number of rotatable bonds is 6. The van der Waals surface area contributed by atoms with Gasteiger partial charge in [0.25, 0.3) is 0 Å². The van der Waals surface area contributed by atoms with E-state index in [4.69, 9.17) is 24.7 Å². The molecular formula is C15H28N2O10. The predicted octanol–water partition coefficient (Wildman–Crippen LogP) is -4.63. The minimum Gasteiger partial charge on any atom is -0.394 e. The highest BCUT2D eigenvalue weighted by atomic mass is 16.7. The van der Waals surface area contributed by atoms with E-state index in [9.17, 15) is 30.3 Å². The SMILES string of the molecule is CO[C@@H]1O[C@@H](CN)[C@@H](O[C@@H]2O[C@@H](CO)[C@H](O)[C@H](O)[C@@H]2O)[C@H](O)[C@@H]1NC(C)=O. The van der Waals surface area contributed by atoms with E-state index in [0.29, 0.717) is 0 Å². The molecule has 1 amide bonds. The number of methoxy groups -OCH3 is 1. The van der Waals surface area contributed by atoms with Crippen molar-refractivity contribution in [1.29, 1.82) is 0 Å². The first-order chi connectivity index (χ1) is 12.7. The third kappa shape index (κ3) is 4.74. The zero-order valence-corrected chi connectivity index (χ0v) is 15.0. The Morgan fingerprint density at radius 2 is 1.67 bits per heavy atom. The number of ether oxygens (including phenoxy) is 4. The van der Waals surface area contributed by atoms with Crippen molar-refractivity contribution >= 4 is 5.91 Å².